The Bertz CT molecular complexity index is 1220. The van der Waals surface area contributed by atoms with Crippen LogP contribution < -0.4 is 5.32 Å². The Kier molecular flexibility index (Phi) is 5.33. The van der Waals surface area contributed by atoms with Gasteiger partial charge in [-0.05, 0) is 86.8 Å². The highest BCUT2D eigenvalue weighted by molar-refractivity contribution is 5.92. The Hall–Kier alpha value is -2.77. The van der Waals surface area contributed by atoms with E-state index >= 15 is 0 Å². The van der Waals surface area contributed by atoms with Crippen LogP contribution in [0.5, 0.6) is 0 Å². The monoisotopic (exact) mass is 493 g/mol. The topological polar surface area (TPSA) is 91.0 Å². The first-order chi connectivity index (χ1) is 17.1. The molecule has 2 aromatic rings. The van der Waals surface area contributed by atoms with E-state index in [1.165, 1.54) is 0 Å². The molecule has 6 rings (SSSR count). The minimum atomic E-state index is -0.608. The first-order valence-corrected chi connectivity index (χ1v) is 13.4. The molecule has 0 radical (unpaired) electrons. The number of imidazole rings is 1. The van der Waals surface area contributed by atoms with E-state index in [0.29, 0.717) is 17.8 Å². The molecule has 3 aliphatic carbocycles. The van der Waals surface area contributed by atoms with E-state index in [0.717, 1.165) is 55.5 Å². The van der Waals surface area contributed by atoms with Crippen LogP contribution in [-0.4, -0.2) is 44.8 Å². The number of carbonyl (C=O) groups excluding carboxylic acids is 2. The zero-order chi connectivity index (χ0) is 25.4. The smallest absolute Gasteiger partial charge is 0.282 e. The van der Waals surface area contributed by atoms with Gasteiger partial charge in [0.15, 0.2) is 11.5 Å². The number of nitrogens with one attached hydrogen (secondary N) is 2. The number of rotatable bonds is 3. The molecule has 8 atom stereocenters. The standard InChI is InChI=1S/C28H36FN5O2/c1-15(23-32-21-6-5-13-30-24(21)33-23)31-25(35)19-9-8-17-16-7-10-22-28(3,14-20(29)26(36)34(22)4)18(16)11-12-27(17,19)2/h5-6,13-19,22H,7-12H2,1-4H3,(H,31,35)(H,30,32,33)/t15-,16+,17+,18+,19-,22-,27+,28-/m1/s1. The summed E-state index contributed by atoms with van der Waals surface area (Å²) in [7, 11) is 1.75. The number of aromatic nitrogens is 3. The SMILES string of the molecule is C[C@@H](NC(=O)[C@H]1CC[C@H]2[C@@H]3CC[C@H]4N(C)C(=O)C(F)=C[C@]4(C)[C@H]3CC[C@]12C)c1nc2cccnc2[nH]1. The van der Waals surface area contributed by atoms with Crippen molar-refractivity contribution >= 4 is 23.0 Å². The van der Waals surface area contributed by atoms with Crippen LogP contribution in [0.4, 0.5) is 4.39 Å². The highest BCUT2D eigenvalue weighted by Crippen LogP contribution is 2.65. The largest absolute Gasteiger partial charge is 0.346 e. The van der Waals surface area contributed by atoms with Crippen LogP contribution in [0.2, 0.25) is 0 Å². The van der Waals surface area contributed by atoms with E-state index in [-0.39, 0.29) is 34.7 Å². The Balaban J connectivity index is 1.21. The summed E-state index contributed by atoms with van der Waals surface area (Å²) >= 11 is 0. The summed E-state index contributed by atoms with van der Waals surface area (Å²) in [6.45, 7) is 6.43. The molecule has 2 N–H and O–H groups in total. The summed E-state index contributed by atoms with van der Waals surface area (Å²) < 4.78 is 14.6. The molecule has 3 saturated carbocycles. The quantitative estimate of drug-likeness (QED) is 0.649. The summed E-state index contributed by atoms with van der Waals surface area (Å²) in [4.78, 5) is 39.7. The van der Waals surface area contributed by atoms with Gasteiger partial charge in [-0.2, -0.15) is 0 Å². The number of hydrogen-bond acceptors (Lipinski definition) is 4. The fourth-order valence-electron chi connectivity index (χ4n) is 8.71. The molecule has 3 heterocycles. The maximum Gasteiger partial charge on any atom is 0.282 e. The lowest BCUT2D eigenvalue weighted by atomic mass is 9.47. The predicted octanol–water partition coefficient (Wildman–Crippen LogP) is 4.69. The molecule has 0 bridgehead atoms. The van der Waals surface area contributed by atoms with Crippen LogP contribution in [0.25, 0.3) is 11.2 Å². The molecule has 0 spiro atoms. The van der Waals surface area contributed by atoms with Crippen LogP contribution in [-0.2, 0) is 9.59 Å². The van der Waals surface area contributed by atoms with Gasteiger partial charge in [0.25, 0.3) is 5.91 Å². The van der Waals surface area contributed by atoms with Crippen LogP contribution in [0.3, 0.4) is 0 Å². The first-order valence-electron chi connectivity index (χ1n) is 13.4. The molecule has 36 heavy (non-hydrogen) atoms. The van der Waals surface area contributed by atoms with E-state index in [9.17, 15) is 14.0 Å². The van der Waals surface area contributed by atoms with Gasteiger partial charge in [0, 0.05) is 30.6 Å². The maximum atomic E-state index is 14.6. The van der Waals surface area contributed by atoms with Gasteiger partial charge in [-0.3, -0.25) is 9.59 Å². The number of pyridine rings is 1. The molecule has 7 nitrogen and oxygen atoms in total. The van der Waals surface area contributed by atoms with E-state index in [1.807, 2.05) is 19.1 Å². The zero-order valence-electron chi connectivity index (χ0n) is 21.6. The van der Waals surface area contributed by atoms with Crippen molar-refractivity contribution < 1.29 is 14.0 Å². The van der Waals surface area contributed by atoms with E-state index < -0.39 is 11.7 Å². The van der Waals surface area contributed by atoms with Gasteiger partial charge >= 0.3 is 0 Å². The molecular formula is C28H36FN5O2. The Labute approximate surface area is 211 Å². The van der Waals surface area contributed by atoms with Crippen molar-refractivity contribution in [3.63, 3.8) is 0 Å². The van der Waals surface area contributed by atoms with Crippen molar-refractivity contribution in [3.8, 4) is 0 Å². The number of likely N-dealkylation sites (N-methyl/N-ethyl adjacent to an activating group) is 1. The number of H-pyrrole nitrogens is 1. The van der Waals surface area contributed by atoms with E-state index in [2.05, 4.69) is 34.1 Å². The summed E-state index contributed by atoms with van der Waals surface area (Å²) in [5.74, 6) is 0.917. The average Bonchev–Trinajstić information content (AvgIpc) is 3.43. The number of halogens is 1. The van der Waals surface area contributed by atoms with E-state index in [4.69, 9.17) is 0 Å². The normalized spacial score (nSPS) is 38.7. The van der Waals surface area contributed by atoms with Crippen LogP contribution >= 0.6 is 0 Å². The lowest BCUT2D eigenvalue weighted by Gasteiger charge is -2.60. The van der Waals surface area contributed by atoms with Gasteiger partial charge < -0.3 is 15.2 Å². The molecule has 3 fully saturated rings. The molecule has 192 valence electrons. The molecule has 2 amide bonds. The summed E-state index contributed by atoms with van der Waals surface area (Å²) in [5.41, 5.74) is 1.11. The van der Waals surface area contributed by atoms with Crippen molar-refractivity contribution in [1.82, 2.24) is 25.2 Å². The van der Waals surface area contributed by atoms with Crippen molar-refractivity contribution in [1.29, 1.82) is 0 Å². The Morgan fingerprint density at radius 3 is 2.81 bits per heavy atom. The molecule has 8 heteroatoms. The molecule has 0 unspecified atom stereocenters. The summed E-state index contributed by atoms with van der Waals surface area (Å²) in [6, 6.07) is 3.58. The highest BCUT2D eigenvalue weighted by Gasteiger charge is 2.62. The number of fused-ring (bicyclic) bond motifs is 6. The Morgan fingerprint density at radius 2 is 2.03 bits per heavy atom. The van der Waals surface area contributed by atoms with Crippen molar-refractivity contribution in [2.45, 2.75) is 71.4 Å². The number of amides is 2. The molecule has 0 saturated heterocycles. The number of carbonyl (C=O) groups is 2. The third-order valence-corrected chi connectivity index (χ3v) is 10.5. The number of nitrogens with zero attached hydrogens (tertiary/aromatic N) is 3. The van der Waals surface area contributed by atoms with Crippen molar-refractivity contribution in [3.05, 3.63) is 36.1 Å². The van der Waals surface area contributed by atoms with Gasteiger partial charge in [-0.15, -0.1) is 0 Å². The second kappa shape index (κ2) is 8.12. The van der Waals surface area contributed by atoms with Crippen LogP contribution in [0, 0.1) is 34.5 Å². The Morgan fingerprint density at radius 1 is 1.22 bits per heavy atom. The van der Waals surface area contributed by atoms with Crippen molar-refractivity contribution in [2.24, 2.45) is 34.5 Å². The van der Waals surface area contributed by atoms with Gasteiger partial charge in [0.2, 0.25) is 5.91 Å². The third-order valence-electron chi connectivity index (χ3n) is 10.5. The maximum absolute atomic E-state index is 14.6. The van der Waals surface area contributed by atoms with Crippen LogP contribution in [0.15, 0.2) is 30.2 Å². The molecule has 0 aromatic carbocycles. The van der Waals surface area contributed by atoms with Gasteiger partial charge in [0.1, 0.15) is 11.3 Å². The third kappa shape index (κ3) is 3.28. The van der Waals surface area contributed by atoms with Crippen molar-refractivity contribution in [2.75, 3.05) is 7.05 Å². The number of hydrogen-bond donors (Lipinski definition) is 2. The lowest BCUT2D eigenvalue weighted by Crippen LogP contribution is -2.60. The zero-order valence-corrected chi connectivity index (χ0v) is 21.6. The molecule has 1 aliphatic heterocycles. The fraction of sp³-hybridized carbons (Fsp3) is 0.643. The molecule has 2 aromatic heterocycles. The van der Waals surface area contributed by atoms with E-state index in [1.54, 1.807) is 24.2 Å². The van der Waals surface area contributed by atoms with Gasteiger partial charge in [-0.25, -0.2) is 14.4 Å². The fourth-order valence-corrected chi connectivity index (χ4v) is 8.71. The lowest BCUT2D eigenvalue weighted by molar-refractivity contribution is -0.145. The number of aromatic amines is 1. The van der Waals surface area contributed by atoms with Gasteiger partial charge in [0.05, 0.1) is 6.04 Å². The summed E-state index contributed by atoms with van der Waals surface area (Å²) in [6.07, 6.45) is 9.13. The van der Waals surface area contributed by atoms with Gasteiger partial charge in [-0.1, -0.05) is 13.8 Å². The molecule has 4 aliphatic rings. The highest BCUT2D eigenvalue weighted by atomic mass is 19.1. The minimum absolute atomic E-state index is 0.0400. The average molecular weight is 494 g/mol. The summed E-state index contributed by atoms with van der Waals surface area (Å²) in [5, 5.41) is 3.23. The predicted molar refractivity (Wildman–Crippen MR) is 134 cm³/mol. The minimum Gasteiger partial charge on any atom is -0.346 e. The molecular weight excluding hydrogens is 457 g/mol. The second-order valence-corrected chi connectivity index (χ2v) is 12.1. The van der Waals surface area contributed by atoms with Crippen LogP contribution in [0.1, 0.15) is 71.2 Å². The second-order valence-electron chi connectivity index (χ2n) is 12.1. The first kappa shape index (κ1) is 23.6.